The Hall–Kier alpha value is -0.570. The van der Waals surface area contributed by atoms with E-state index in [0.717, 1.165) is 13.0 Å². The highest BCUT2D eigenvalue weighted by molar-refractivity contribution is 5.70. The van der Waals surface area contributed by atoms with Crippen LogP contribution in [0.3, 0.4) is 0 Å². The molecule has 0 unspecified atom stereocenters. The average molecular weight is 229 g/mol. The van der Waals surface area contributed by atoms with Crippen LogP contribution in [-0.4, -0.2) is 24.7 Å². The molecule has 0 amide bonds. The molecule has 0 aliphatic carbocycles. The number of nitrogens with one attached hydrogen (secondary N) is 1. The van der Waals surface area contributed by atoms with E-state index < -0.39 is 0 Å². The number of ether oxygens (including phenoxy) is 1. The molecular formula is C13H27NO2. The molecule has 0 fully saturated rings. The number of rotatable bonds is 5. The van der Waals surface area contributed by atoms with Crippen molar-refractivity contribution in [3.8, 4) is 0 Å². The molecule has 0 aromatic heterocycles. The second-order valence-corrected chi connectivity index (χ2v) is 6.40. The van der Waals surface area contributed by atoms with Crippen molar-refractivity contribution in [1.82, 2.24) is 5.32 Å². The van der Waals surface area contributed by atoms with Crippen LogP contribution < -0.4 is 5.32 Å². The lowest BCUT2D eigenvalue weighted by Crippen LogP contribution is -2.28. The molecule has 0 heterocycles. The molecule has 0 saturated heterocycles. The van der Waals surface area contributed by atoms with Crippen LogP contribution in [0.1, 0.15) is 54.4 Å². The monoisotopic (exact) mass is 229 g/mol. The molecule has 0 saturated carbocycles. The lowest BCUT2D eigenvalue weighted by Gasteiger charge is -2.20. The molecule has 0 bridgehead atoms. The van der Waals surface area contributed by atoms with Crippen molar-refractivity contribution >= 4 is 5.97 Å². The number of carbonyl (C=O) groups excluding carboxylic acids is 1. The number of hydrogen-bond acceptors (Lipinski definition) is 3. The van der Waals surface area contributed by atoms with Crippen LogP contribution in [0, 0.1) is 5.41 Å². The van der Waals surface area contributed by atoms with E-state index in [4.69, 9.17) is 4.74 Å². The summed E-state index contributed by atoms with van der Waals surface area (Å²) >= 11 is 0. The molecule has 96 valence electrons. The van der Waals surface area contributed by atoms with Crippen molar-refractivity contribution in [2.75, 3.05) is 13.1 Å². The van der Waals surface area contributed by atoms with Crippen molar-refractivity contribution in [1.29, 1.82) is 0 Å². The van der Waals surface area contributed by atoms with Crippen molar-refractivity contribution in [3.63, 3.8) is 0 Å². The van der Waals surface area contributed by atoms with Gasteiger partial charge in [-0.05, 0) is 39.2 Å². The van der Waals surface area contributed by atoms with E-state index in [9.17, 15) is 4.79 Å². The molecule has 3 nitrogen and oxygen atoms in total. The van der Waals surface area contributed by atoms with Gasteiger partial charge in [0.15, 0.2) is 0 Å². The van der Waals surface area contributed by atoms with E-state index in [-0.39, 0.29) is 11.6 Å². The Balaban J connectivity index is 3.50. The van der Waals surface area contributed by atoms with Gasteiger partial charge in [0.05, 0.1) is 6.42 Å². The summed E-state index contributed by atoms with van der Waals surface area (Å²) < 4.78 is 5.21. The third kappa shape index (κ3) is 11.5. The molecule has 0 aromatic rings. The van der Waals surface area contributed by atoms with Crippen LogP contribution in [0.4, 0.5) is 0 Å². The molecule has 0 aliphatic heterocycles. The summed E-state index contributed by atoms with van der Waals surface area (Å²) in [4.78, 5) is 11.4. The Kier molecular flexibility index (Phi) is 6.01. The van der Waals surface area contributed by atoms with Gasteiger partial charge in [-0.1, -0.05) is 20.8 Å². The first-order chi connectivity index (χ1) is 7.10. The van der Waals surface area contributed by atoms with E-state index in [1.807, 2.05) is 20.8 Å². The molecule has 1 N–H and O–H groups in total. The number of carbonyl (C=O) groups is 1. The normalized spacial score (nSPS) is 12.6. The zero-order valence-electron chi connectivity index (χ0n) is 11.6. The fourth-order valence-electron chi connectivity index (χ4n) is 1.17. The van der Waals surface area contributed by atoms with Gasteiger partial charge in [-0.15, -0.1) is 0 Å². The largest absolute Gasteiger partial charge is 0.460 e. The summed E-state index contributed by atoms with van der Waals surface area (Å²) in [5.74, 6) is -0.129. The molecule has 0 spiro atoms. The van der Waals surface area contributed by atoms with Gasteiger partial charge in [-0.25, -0.2) is 0 Å². The predicted molar refractivity (Wildman–Crippen MR) is 67.4 cm³/mol. The van der Waals surface area contributed by atoms with E-state index in [2.05, 4.69) is 26.1 Å². The van der Waals surface area contributed by atoms with E-state index in [1.165, 1.54) is 0 Å². The lowest BCUT2D eigenvalue weighted by molar-refractivity contribution is -0.154. The minimum Gasteiger partial charge on any atom is -0.460 e. The van der Waals surface area contributed by atoms with Gasteiger partial charge in [0.2, 0.25) is 0 Å². The minimum atomic E-state index is -0.373. The Bertz CT molecular complexity index is 211. The van der Waals surface area contributed by atoms with Crippen LogP contribution >= 0.6 is 0 Å². The van der Waals surface area contributed by atoms with E-state index >= 15 is 0 Å². The topological polar surface area (TPSA) is 38.3 Å². The molecule has 0 atom stereocenters. The Morgan fingerprint density at radius 1 is 1.06 bits per heavy atom. The van der Waals surface area contributed by atoms with Gasteiger partial charge in [0.25, 0.3) is 0 Å². The summed E-state index contributed by atoms with van der Waals surface area (Å²) in [6.45, 7) is 13.9. The molecule has 0 aliphatic rings. The SMILES string of the molecule is CC(C)(C)CCNCCC(=O)OC(C)(C)C. The summed E-state index contributed by atoms with van der Waals surface area (Å²) in [6, 6.07) is 0. The first-order valence-corrected chi connectivity index (χ1v) is 6.03. The third-order valence-electron chi connectivity index (χ3n) is 1.98. The molecule has 0 rings (SSSR count). The van der Waals surface area contributed by atoms with Crippen molar-refractivity contribution in [3.05, 3.63) is 0 Å². The molecule has 0 radical (unpaired) electrons. The average Bonchev–Trinajstić information content (AvgIpc) is 1.97. The first kappa shape index (κ1) is 15.4. The smallest absolute Gasteiger partial charge is 0.307 e. The van der Waals surface area contributed by atoms with Gasteiger partial charge in [0.1, 0.15) is 5.60 Å². The van der Waals surface area contributed by atoms with Crippen molar-refractivity contribution < 1.29 is 9.53 Å². The minimum absolute atomic E-state index is 0.129. The molecule has 3 heteroatoms. The Morgan fingerprint density at radius 2 is 1.62 bits per heavy atom. The highest BCUT2D eigenvalue weighted by atomic mass is 16.6. The van der Waals surface area contributed by atoms with Crippen LogP contribution in [0.25, 0.3) is 0 Å². The number of esters is 1. The summed E-state index contributed by atoms with van der Waals surface area (Å²) in [6.07, 6.45) is 1.56. The Labute approximate surface area is 99.9 Å². The van der Waals surface area contributed by atoms with Crippen molar-refractivity contribution in [2.24, 2.45) is 5.41 Å². The zero-order chi connectivity index (χ0) is 12.8. The third-order valence-corrected chi connectivity index (χ3v) is 1.98. The fourth-order valence-corrected chi connectivity index (χ4v) is 1.17. The lowest BCUT2D eigenvalue weighted by atomic mass is 9.92. The highest BCUT2D eigenvalue weighted by Crippen LogP contribution is 2.16. The van der Waals surface area contributed by atoms with Crippen LogP contribution in [0.5, 0.6) is 0 Å². The van der Waals surface area contributed by atoms with Gasteiger partial charge >= 0.3 is 5.97 Å². The zero-order valence-corrected chi connectivity index (χ0v) is 11.6. The van der Waals surface area contributed by atoms with Gasteiger partial charge in [0, 0.05) is 6.54 Å². The maximum Gasteiger partial charge on any atom is 0.307 e. The molecule has 0 aromatic carbocycles. The highest BCUT2D eigenvalue weighted by Gasteiger charge is 2.15. The maximum absolute atomic E-state index is 11.4. The van der Waals surface area contributed by atoms with Crippen LogP contribution in [0.15, 0.2) is 0 Å². The second kappa shape index (κ2) is 6.24. The van der Waals surface area contributed by atoms with Gasteiger partial charge in [-0.3, -0.25) is 4.79 Å². The van der Waals surface area contributed by atoms with Crippen molar-refractivity contribution in [2.45, 2.75) is 60.0 Å². The van der Waals surface area contributed by atoms with E-state index in [1.54, 1.807) is 0 Å². The van der Waals surface area contributed by atoms with Crippen LogP contribution in [-0.2, 0) is 9.53 Å². The van der Waals surface area contributed by atoms with Crippen LogP contribution in [0.2, 0.25) is 0 Å². The summed E-state index contributed by atoms with van der Waals surface area (Å²) in [7, 11) is 0. The molecular weight excluding hydrogens is 202 g/mol. The number of hydrogen-bond donors (Lipinski definition) is 1. The second-order valence-electron chi connectivity index (χ2n) is 6.40. The summed E-state index contributed by atoms with van der Waals surface area (Å²) in [5.41, 5.74) is -0.0264. The van der Waals surface area contributed by atoms with Gasteiger partial charge < -0.3 is 10.1 Å². The molecule has 16 heavy (non-hydrogen) atoms. The van der Waals surface area contributed by atoms with E-state index in [0.29, 0.717) is 18.4 Å². The quantitative estimate of drug-likeness (QED) is 0.582. The Morgan fingerprint density at radius 3 is 2.06 bits per heavy atom. The standard InChI is InChI=1S/C13H27NO2/c1-12(2,3)8-10-14-9-7-11(15)16-13(4,5)6/h14H,7-10H2,1-6H3. The summed E-state index contributed by atoms with van der Waals surface area (Å²) in [5, 5.41) is 3.26. The van der Waals surface area contributed by atoms with Gasteiger partial charge in [-0.2, -0.15) is 0 Å². The predicted octanol–water partition coefficient (Wildman–Crippen LogP) is 2.74. The fraction of sp³-hybridized carbons (Fsp3) is 0.923. The maximum atomic E-state index is 11.4. The first-order valence-electron chi connectivity index (χ1n) is 6.03.